The second kappa shape index (κ2) is 6.12. The van der Waals surface area contributed by atoms with Gasteiger partial charge in [0.25, 0.3) is 5.56 Å². The molecule has 0 fully saturated rings. The van der Waals surface area contributed by atoms with E-state index in [-0.39, 0.29) is 5.56 Å². The van der Waals surface area contributed by atoms with Gasteiger partial charge in [0.05, 0.1) is 21.7 Å². The number of benzene rings is 1. The van der Waals surface area contributed by atoms with E-state index in [1.165, 1.54) is 28.4 Å². The first kappa shape index (κ1) is 16.0. The Balaban J connectivity index is 1.62. The summed E-state index contributed by atoms with van der Waals surface area (Å²) in [6, 6.07) is 6.83. The molecule has 4 rings (SSSR count). The van der Waals surface area contributed by atoms with Gasteiger partial charge >= 0.3 is 0 Å². The Bertz CT molecular complexity index is 1140. The molecule has 0 saturated carbocycles. The molecule has 3 aromatic heterocycles. The van der Waals surface area contributed by atoms with Crippen molar-refractivity contribution in [2.75, 3.05) is 0 Å². The highest BCUT2D eigenvalue weighted by Crippen LogP contribution is 2.24. The average molecular weight is 379 g/mol. The van der Waals surface area contributed by atoms with E-state index in [9.17, 15) is 13.6 Å². The van der Waals surface area contributed by atoms with Gasteiger partial charge in [-0.15, -0.1) is 0 Å². The number of aromatic nitrogens is 4. The van der Waals surface area contributed by atoms with Crippen LogP contribution in [0.25, 0.3) is 16.7 Å². The number of thioether (sulfide) groups is 1. The highest BCUT2D eigenvalue weighted by atomic mass is 35.5. The smallest absolute Gasteiger partial charge is 0.258 e. The molecule has 4 aromatic rings. The molecule has 0 aliphatic heterocycles. The minimum absolute atomic E-state index is 0.239. The van der Waals surface area contributed by atoms with Gasteiger partial charge in [-0.25, -0.2) is 18.7 Å². The number of imidazole rings is 1. The molecule has 3 heterocycles. The van der Waals surface area contributed by atoms with Crippen molar-refractivity contribution in [2.45, 2.75) is 10.9 Å². The maximum absolute atomic E-state index is 13.2. The van der Waals surface area contributed by atoms with Crippen LogP contribution < -0.4 is 5.56 Å². The lowest BCUT2D eigenvalue weighted by molar-refractivity contribution is 0.510. The van der Waals surface area contributed by atoms with Crippen LogP contribution in [0.2, 0.25) is 5.02 Å². The molecule has 25 heavy (non-hydrogen) atoms. The normalized spacial score (nSPS) is 11.5. The average Bonchev–Trinajstić information content (AvgIpc) is 2.96. The molecule has 0 aliphatic rings. The zero-order valence-corrected chi connectivity index (χ0v) is 14.0. The monoisotopic (exact) mass is 378 g/mol. The van der Waals surface area contributed by atoms with Gasteiger partial charge in [-0.2, -0.15) is 0 Å². The predicted molar refractivity (Wildman–Crippen MR) is 92.0 cm³/mol. The number of aromatic amines is 1. The molecule has 126 valence electrons. The SMILES string of the molecule is O=c1cc(CSc2nc3cc(F)c(F)cc3[nH]2)nc2ccc(Cl)cn12. The number of rotatable bonds is 3. The molecular formula is C16H9ClF2N4OS. The summed E-state index contributed by atoms with van der Waals surface area (Å²) in [6.45, 7) is 0. The largest absolute Gasteiger partial charge is 0.333 e. The zero-order valence-electron chi connectivity index (χ0n) is 12.5. The third kappa shape index (κ3) is 3.10. The number of nitrogens with one attached hydrogen (secondary N) is 1. The molecule has 1 N–H and O–H groups in total. The first-order valence-electron chi connectivity index (χ1n) is 7.15. The second-order valence-corrected chi connectivity index (χ2v) is 6.68. The lowest BCUT2D eigenvalue weighted by atomic mass is 10.3. The maximum atomic E-state index is 13.2. The zero-order chi connectivity index (χ0) is 17.6. The number of H-pyrrole nitrogens is 1. The molecule has 0 spiro atoms. The third-order valence-corrected chi connectivity index (χ3v) is 4.67. The van der Waals surface area contributed by atoms with E-state index in [1.54, 1.807) is 12.1 Å². The second-order valence-electron chi connectivity index (χ2n) is 5.28. The van der Waals surface area contributed by atoms with Crippen molar-refractivity contribution in [1.82, 2.24) is 19.4 Å². The van der Waals surface area contributed by atoms with E-state index in [0.717, 1.165) is 12.1 Å². The van der Waals surface area contributed by atoms with Crippen LogP contribution in [0.1, 0.15) is 5.69 Å². The van der Waals surface area contributed by atoms with Crippen LogP contribution in [0.3, 0.4) is 0 Å². The van der Waals surface area contributed by atoms with Crippen molar-refractivity contribution in [3.63, 3.8) is 0 Å². The topological polar surface area (TPSA) is 63.0 Å². The quantitative estimate of drug-likeness (QED) is 0.551. The minimum Gasteiger partial charge on any atom is -0.333 e. The van der Waals surface area contributed by atoms with E-state index in [0.29, 0.717) is 38.3 Å². The first-order valence-corrected chi connectivity index (χ1v) is 8.51. The number of pyridine rings is 1. The summed E-state index contributed by atoms with van der Waals surface area (Å²) in [4.78, 5) is 23.6. The summed E-state index contributed by atoms with van der Waals surface area (Å²) in [5.74, 6) is -1.51. The summed E-state index contributed by atoms with van der Waals surface area (Å²) < 4.78 is 27.8. The van der Waals surface area contributed by atoms with E-state index in [2.05, 4.69) is 15.0 Å². The van der Waals surface area contributed by atoms with Gasteiger partial charge in [0.15, 0.2) is 16.8 Å². The molecule has 1 aromatic carbocycles. The Morgan fingerprint density at radius 1 is 1.16 bits per heavy atom. The molecule has 9 heteroatoms. The predicted octanol–water partition coefficient (Wildman–Crippen LogP) is 3.79. The van der Waals surface area contributed by atoms with Gasteiger partial charge in [-0.1, -0.05) is 23.4 Å². The molecule has 0 atom stereocenters. The lowest BCUT2D eigenvalue weighted by Crippen LogP contribution is -2.15. The number of hydrogen-bond donors (Lipinski definition) is 1. The highest BCUT2D eigenvalue weighted by Gasteiger charge is 2.10. The van der Waals surface area contributed by atoms with Gasteiger partial charge in [-0.3, -0.25) is 9.20 Å². The number of nitrogens with zero attached hydrogens (tertiary/aromatic N) is 3. The van der Waals surface area contributed by atoms with Crippen LogP contribution in [-0.4, -0.2) is 19.4 Å². The van der Waals surface area contributed by atoms with Crippen molar-refractivity contribution >= 4 is 40.0 Å². The number of halogens is 3. The van der Waals surface area contributed by atoms with E-state index in [4.69, 9.17) is 11.6 Å². The summed E-state index contributed by atoms with van der Waals surface area (Å²) in [5.41, 5.74) is 1.55. The maximum Gasteiger partial charge on any atom is 0.258 e. The van der Waals surface area contributed by atoms with Crippen LogP contribution in [0.5, 0.6) is 0 Å². The van der Waals surface area contributed by atoms with Crippen molar-refractivity contribution in [1.29, 1.82) is 0 Å². The van der Waals surface area contributed by atoms with Crippen LogP contribution >= 0.6 is 23.4 Å². The van der Waals surface area contributed by atoms with E-state index in [1.807, 2.05) is 0 Å². The molecule has 0 radical (unpaired) electrons. The molecule has 0 aliphatic carbocycles. The van der Waals surface area contributed by atoms with Crippen LogP contribution in [0.4, 0.5) is 8.78 Å². The van der Waals surface area contributed by atoms with Gasteiger partial charge in [-0.05, 0) is 12.1 Å². The van der Waals surface area contributed by atoms with Crippen molar-refractivity contribution in [3.8, 4) is 0 Å². The Hall–Kier alpha value is -2.45. The summed E-state index contributed by atoms with van der Waals surface area (Å²) in [6.07, 6.45) is 1.51. The van der Waals surface area contributed by atoms with Gasteiger partial charge in [0.2, 0.25) is 0 Å². The fourth-order valence-corrected chi connectivity index (χ4v) is 3.33. The van der Waals surface area contributed by atoms with Crippen molar-refractivity contribution in [3.05, 3.63) is 69.2 Å². The molecule has 0 bridgehead atoms. The van der Waals surface area contributed by atoms with Gasteiger partial charge < -0.3 is 4.98 Å². The number of fused-ring (bicyclic) bond motifs is 2. The molecule has 0 unspecified atom stereocenters. The molecular weight excluding hydrogens is 370 g/mol. The Morgan fingerprint density at radius 2 is 1.96 bits per heavy atom. The van der Waals surface area contributed by atoms with Crippen molar-refractivity contribution < 1.29 is 8.78 Å². The molecule has 0 amide bonds. The van der Waals surface area contributed by atoms with Gasteiger partial charge in [0.1, 0.15) is 5.65 Å². The fourth-order valence-electron chi connectivity index (χ4n) is 2.39. The fraction of sp³-hybridized carbons (Fsp3) is 0.0625. The molecule has 0 saturated heterocycles. The van der Waals surface area contributed by atoms with Gasteiger partial charge in [0, 0.05) is 30.1 Å². The Morgan fingerprint density at radius 3 is 2.80 bits per heavy atom. The summed E-state index contributed by atoms with van der Waals surface area (Å²) in [5, 5.41) is 0.929. The first-order chi connectivity index (χ1) is 12.0. The highest BCUT2D eigenvalue weighted by molar-refractivity contribution is 7.98. The van der Waals surface area contributed by atoms with Crippen LogP contribution in [-0.2, 0) is 5.75 Å². The summed E-state index contributed by atoms with van der Waals surface area (Å²) in [7, 11) is 0. The standard InChI is InChI=1S/C16H9ClF2N4OS/c17-8-1-2-14-20-9(3-15(24)23(14)6-8)7-25-16-21-12-4-10(18)11(19)5-13(12)22-16/h1-6H,7H2,(H,21,22). The lowest BCUT2D eigenvalue weighted by Gasteiger charge is -2.03. The van der Waals surface area contributed by atoms with Crippen molar-refractivity contribution in [2.24, 2.45) is 0 Å². The Kier molecular flexibility index (Phi) is 3.93. The summed E-state index contributed by atoms with van der Waals surface area (Å²) >= 11 is 7.16. The Labute approximate surface area is 148 Å². The van der Waals surface area contributed by atoms with Crippen LogP contribution in [0.15, 0.2) is 46.5 Å². The minimum atomic E-state index is -0.946. The van der Waals surface area contributed by atoms with Crippen LogP contribution in [0, 0.1) is 11.6 Å². The number of hydrogen-bond acceptors (Lipinski definition) is 4. The third-order valence-electron chi connectivity index (χ3n) is 3.54. The van der Waals surface area contributed by atoms with E-state index >= 15 is 0 Å². The van der Waals surface area contributed by atoms with E-state index < -0.39 is 11.6 Å². The molecule has 5 nitrogen and oxygen atoms in total.